The predicted molar refractivity (Wildman–Crippen MR) is 105 cm³/mol. The Morgan fingerprint density at radius 2 is 1.96 bits per heavy atom. The van der Waals surface area contributed by atoms with Crippen LogP contribution >= 0.6 is 11.3 Å². The number of rotatable bonds is 7. The van der Waals surface area contributed by atoms with Crippen LogP contribution in [0, 0.1) is 5.92 Å². The highest BCUT2D eigenvalue weighted by Gasteiger charge is 2.26. The SMILES string of the molecule is CCC(CC)C(=O)NCC(c1ccsc1)N1CCc2ccccc2C1. The van der Waals surface area contributed by atoms with Crippen molar-refractivity contribution in [2.45, 2.75) is 45.7 Å². The fourth-order valence-corrected chi connectivity index (χ4v) is 4.41. The van der Waals surface area contributed by atoms with Gasteiger partial charge in [-0.2, -0.15) is 11.3 Å². The third kappa shape index (κ3) is 4.31. The Kier molecular flexibility index (Phi) is 6.27. The summed E-state index contributed by atoms with van der Waals surface area (Å²) in [7, 11) is 0. The number of carbonyl (C=O) groups is 1. The number of fused-ring (bicyclic) bond motifs is 1. The van der Waals surface area contributed by atoms with E-state index in [9.17, 15) is 4.79 Å². The summed E-state index contributed by atoms with van der Waals surface area (Å²) >= 11 is 1.73. The number of hydrogen-bond acceptors (Lipinski definition) is 3. The van der Waals surface area contributed by atoms with Gasteiger partial charge in [-0.1, -0.05) is 38.1 Å². The van der Waals surface area contributed by atoms with Crippen LogP contribution in [-0.4, -0.2) is 23.9 Å². The van der Waals surface area contributed by atoms with Gasteiger partial charge in [-0.15, -0.1) is 0 Å². The summed E-state index contributed by atoms with van der Waals surface area (Å²) in [6.07, 6.45) is 2.89. The zero-order chi connectivity index (χ0) is 17.6. The molecule has 1 aliphatic heterocycles. The van der Waals surface area contributed by atoms with E-state index in [2.05, 4.69) is 65.2 Å². The Morgan fingerprint density at radius 3 is 2.64 bits per heavy atom. The lowest BCUT2D eigenvalue weighted by molar-refractivity contribution is -0.125. The number of nitrogens with zero attached hydrogens (tertiary/aromatic N) is 1. The number of nitrogens with one attached hydrogen (secondary N) is 1. The number of benzene rings is 1. The average Bonchev–Trinajstić information content (AvgIpc) is 3.17. The normalized spacial score (nSPS) is 15.8. The van der Waals surface area contributed by atoms with Gasteiger partial charge in [-0.25, -0.2) is 0 Å². The lowest BCUT2D eigenvalue weighted by Gasteiger charge is -2.35. The van der Waals surface area contributed by atoms with E-state index < -0.39 is 0 Å². The summed E-state index contributed by atoms with van der Waals surface area (Å²) in [5.74, 6) is 0.327. The van der Waals surface area contributed by atoms with Crippen LogP contribution in [0.2, 0.25) is 0 Å². The number of amides is 1. The summed E-state index contributed by atoms with van der Waals surface area (Å²) in [4.78, 5) is 14.9. The van der Waals surface area contributed by atoms with E-state index in [1.54, 1.807) is 11.3 Å². The molecule has 1 amide bonds. The molecule has 1 aromatic heterocycles. The molecular weight excluding hydrogens is 328 g/mol. The molecule has 1 aromatic carbocycles. The summed E-state index contributed by atoms with van der Waals surface area (Å²) in [6, 6.07) is 11.2. The van der Waals surface area contributed by atoms with Crippen molar-refractivity contribution in [1.29, 1.82) is 0 Å². The van der Waals surface area contributed by atoms with Crippen LogP contribution in [0.4, 0.5) is 0 Å². The molecule has 0 saturated carbocycles. The van der Waals surface area contributed by atoms with Crippen molar-refractivity contribution in [3.05, 3.63) is 57.8 Å². The molecule has 2 heterocycles. The minimum atomic E-state index is 0.130. The molecular formula is C21H28N2OS. The van der Waals surface area contributed by atoms with Crippen LogP contribution in [0.25, 0.3) is 0 Å². The van der Waals surface area contributed by atoms with Crippen LogP contribution in [0.5, 0.6) is 0 Å². The van der Waals surface area contributed by atoms with Crippen molar-refractivity contribution >= 4 is 17.2 Å². The highest BCUT2D eigenvalue weighted by atomic mass is 32.1. The molecule has 3 nitrogen and oxygen atoms in total. The standard InChI is InChI=1S/C21H28N2OS/c1-3-16(4-2)21(24)22-13-20(19-10-12-25-15-19)23-11-9-17-7-5-6-8-18(17)14-23/h5-8,10,12,15-16,20H,3-4,9,11,13-14H2,1-2H3,(H,22,24). The van der Waals surface area contributed by atoms with Gasteiger partial charge >= 0.3 is 0 Å². The third-order valence-corrected chi connectivity index (χ3v) is 6.06. The Labute approximate surface area is 155 Å². The highest BCUT2D eigenvalue weighted by molar-refractivity contribution is 7.07. The van der Waals surface area contributed by atoms with E-state index in [-0.39, 0.29) is 17.9 Å². The van der Waals surface area contributed by atoms with Crippen LogP contribution in [0.3, 0.4) is 0 Å². The second-order valence-corrected chi connectivity index (χ2v) is 7.60. The second-order valence-electron chi connectivity index (χ2n) is 6.82. The fourth-order valence-electron chi connectivity index (χ4n) is 3.71. The van der Waals surface area contributed by atoms with Gasteiger partial charge in [0.1, 0.15) is 0 Å². The van der Waals surface area contributed by atoms with E-state index in [0.717, 1.165) is 32.4 Å². The number of thiophene rings is 1. The van der Waals surface area contributed by atoms with E-state index in [4.69, 9.17) is 0 Å². The van der Waals surface area contributed by atoms with Crippen LogP contribution in [0.15, 0.2) is 41.1 Å². The molecule has 0 spiro atoms. The first-order valence-corrected chi connectivity index (χ1v) is 10.3. The lowest BCUT2D eigenvalue weighted by Crippen LogP contribution is -2.41. The Bertz CT molecular complexity index is 679. The largest absolute Gasteiger partial charge is 0.354 e. The van der Waals surface area contributed by atoms with Gasteiger partial charge < -0.3 is 5.32 Å². The maximum absolute atomic E-state index is 12.4. The highest BCUT2D eigenvalue weighted by Crippen LogP contribution is 2.28. The van der Waals surface area contributed by atoms with Crippen molar-refractivity contribution < 1.29 is 4.79 Å². The van der Waals surface area contributed by atoms with E-state index in [1.165, 1.54) is 16.7 Å². The molecule has 0 radical (unpaired) electrons. The first-order chi connectivity index (χ1) is 12.2. The van der Waals surface area contributed by atoms with Crippen LogP contribution in [0.1, 0.15) is 49.4 Å². The van der Waals surface area contributed by atoms with E-state index >= 15 is 0 Å². The minimum absolute atomic E-state index is 0.130. The average molecular weight is 357 g/mol. The minimum Gasteiger partial charge on any atom is -0.354 e. The second kappa shape index (κ2) is 8.63. The Hall–Kier alpha value is -1.65. The van der Waals surface area contributed by atoms with Crippen molar-refractivity contribution in [3.8, 4) is 0 Å². The van der Waals surface area contributed by atoms with Gasteiger partial charge in [0, 0.05) is 25.6 Å². The number of hydrogen-bond donors (Lipinski definition) is 1. The van der Waals surface area contributed by atoms with Crippen molar-refractivity contribution in [2.75, 3.05) is 13.1 Å². The summed E-state index contributed by atoms with van der Waals surface area (Å²) in [5.41, 5.74) is 4.19. The predicted octanol–water partition coefficient (Wildman–Crippen LogP) is 4.40. The first-order valence-electron chi connectivity index (χ1n) is 9.33. The molecule has 0 fully saturated rings. The van der Waals surface area contributed by atoms with Gasteiger partial charge in [0.05, 0.1) is 6.04 Å². The third-order valence-electron chi connectivity index (χ3n) is 5.35. The van der Waals surface area contributed by atoms with Crippen molar-refractivity contribution in [1.82, 2.24) is 10.2 Å². The molecule has 1 atom stereocenters. The molecule has 3 rings (SSSR count). The smallest absolute Gasteiger partial charge is 0.223 e. The molecule has 4 heteroatoms. The molecule has 1 unspecified atom stereocenters. The van der Waals surface area contributed by atoms with Crippen molar-refractivity contribution in [2.24, 2.45) is 5.92 Å². The van der Waals surface area contributed by atoms with Gasteiger partial charge in [0.2, 0.25) is 5.91 Å². The molecule has 1 aliphatic rings. The zero-order valence-corrected chi connectivity index (χ0v) is 16.0. The Balaban J connectivity index is 1.72. The van der Waals surface area contributed by atoms with Crippen molar-refractivity contribution in [3.63, 3.8) is 0 Å². The molecule has 0 bridgehead atoms. The molecule has 1 N–H and O–H groups in total. The molecule has 0 saturated heterocycles. The quantitative estimate of drug-likeness (QED) is 0.797. The maximum Gasteiger partial charge on any atom is 0.223 e. The van der Waals surface area contributed by atoms with Crippen LogP contribution < -0.4 is 5.32 Å². The number of carbonyl (C=O) groups excluding carboxylic acids is 1. The van der Waals surface area contributed by atoms with E-state index in [0.29, 0.717) is 6.54 Å². The first kappa shape index (κ1) is 18.2. The lowest BCUT2D eigenvalue weighted by atomic mass is 9.97. The van der Waals surface area contributed by atoms with Gasteiger partial charge in [-0.05, 0) is 52.8 Å². The summed E-state index contributed by atoms with van der Waals surface area (Å²) < 4.78 is 0. The topological polar surface area (TPSA) is 32.3 Å². The van der Waals surface area contributed by atoms with E-state index in [1.807, 2.05) is 0 Å². The monoisotopic (exact) mass is 356 g/mol. The fraction of sp³-hybridized carbons (Fsp3) is 0.476. The van der Waals surface area contributed by atoms with Gasteiger partial charge in [0.25, 0.3) is 0 Å². The summed E-state index contributed by atoms with van der Waals surface area (Å²) in [6.45, 7) is 6.86. The van der Waals surface area contributed by atoms with Gasteiger partial charge in [-0.3, -0.25) is 9.69 Å². The molecule has 2 aromatic rings. The van der Waals surface area contributed by atoms with Gasteiger partial charge in [0.15, 0.2) is 0 Å². The molecule has 0 aliphatic carbocycles. The van der Waals surface area contributed by atoms with Crippen LogP contribution in [-0.2, 0) is 17.8 Å². The maximum atomic E-state index is 12.4. The Morgan fingerprint density at radius 1 is 1.20 bits per heavy atom. The molecule has 25 heavy (non-hydrogen) atoms. The zero-order valence-electron chi connectivity index (χ0n) is 15.2. The molecule has 134 valence electrons. The summed E-state index contributed by atoms with van der Waals surface area (Å²) in [5, 5.41) is 7.56.